The fourth-order valence-corrected chi connectivity index (χ4v) is 1.82. The van der Waals surface area contributed by atoms with Crippen molar-refractivity contribution in [2.24, 2.45) is 5.73 Å². The summed E-state index contributed by atoms with van der Waals surface area (Å²) < 4.78 is 5.09. The van der Waals surface area contributed by atoms with Crippen LogP contribution in [-0.4, -0.2) is 12.2 Å². The molecule has 0 heterocycles. The van der Waals surface area contributed by atoms with E-state index in [0.29, 0.717) is 21.9 Å². The summed E-state index contributed by atoms with van der Waals surface area (Å²) in [7, 11) is 1.51. The van der Waals surface area contributed by atoms with Crippen molar-refractivity contribution >= 4 is 11.6 Å². The molecule has 0 aliphatic heterocycles. The zero-order valence-corrected chi connectivity index (χ0v) is 10.1. The maximum Gasteiger partial charge on any atom is 0.144 e. The maximum absolute atomic E-state index is 9.95. The molecule has 3 nitrogen and oxygen atoms in total. The van der Waals surface area contributed by atoms with Crippen LogP contribution in [0.3, 0.4) is 0 Å². The highest BCUT2D eigenvalue weighted by Gasteiger charge is 2.23. The standard InChI is InChI=1S/C11H16ClNO2/c1-6-9(14)7(11(2,3)13)5-8(12)10(6)15-4/h5,14H,13H2,1-4H3. The summed E-state index contributed by atoms with van der Waals surface area (Å²) in [5.74, 6) is 0.630. The van der Waals surface area contributed by atoms with E-state index in [9.17, 15) is 5.11 Å². The molecular weight excluding hydrogens is 214 g/mol. The SMILES string of the molecule is COc1c(Cl)cc(C(C)(C)N)c(O)c1C. The summed E-state index contributed by atoms with van der Waals surface area (Å²) in [6.45, 7) is 5.36. The molecule has 1 aromatic rings. The van der Waals surface area contributed by atoms with Gasteiger partial charge in [-0.05, 0) is 26.8 Å². The number of rotatable bonds is 2. The second kappa shape index (κ2) is 3.91. The van der Waals surface area contributed by atoms with Crippen LogP contribution in [-0.2, 0) is 5.54 Å². The number of aromatic hydroxyl groups is 1. The number of phenols is 1. The highest BCUT2D eigenvalue weighted by molar-refractivity contribution is 6.32. The van der Waals surface area contributed by atoms with Gasteiger partial charge in [0.25, 0.3) is 0 Å². The Labute approximate surface area is 94.8 Å². The van der Waals surface area contributed by atoms with Gasteiger partial charge < -0.3 is 15.6 Å². The quantitative estimate of drug-likeness (QED) is 0.820. The third-order valence-corrected chi connectivity index (χ3v) is 2.62. The second-order valence-corrected chi connectivity index (χ2v) is 4.54. The van der Waals surface area contributed by atoms with Crippen LogP contribution in [0.25, 0.3) is 0 Å². The Bertz CT molecular complexity index is 383. The van der Waals surface area contributed by atoms with Crippen molar-refractivity contribution in [2.75, 3.05) is 7.11 Å². The lowest BCUT2D eigenvalue weighted by Gasteiger charge is -2.23. The highest BCUT2D eigenvalue weighted by Crippen LogP contribution is 2.40. The lowest BCUT2D eigenvalue weighted by molar-refractivity contribution is 0.396. The van der Waals surface area contributed by atoms with E-state index in [1.54, 1.807) is 13.0 Å². The average Bonchev–Trinajstić information content (AvgIpc) is 2.10. The van der Waals surface area contributed by atoms with Crippen LogP contribution in [0, 0.1) is 6.92 Å². The van der Waals surface area contributed by atoms with Crippen molar-refractivity contribution in [1.29, 1.82) is 0 Å². The van der Waals surface area contributed by atoms with Gasteiger partial charge in [0.1, 0.15) is 11.5 Å². The number of hydrogen-bond acceptors (Lipinski definition) is 3. The summed E-state index contributed by atoms with van der Waals surface area (Å²) >= 11 is 6.02. The Balaban J connectivity index is 3.48. The molecule has 0 radical (unpaired) electrons. The van der Waals surface area contributed by atoms with Gasteiger partial charge in [0.2, 0.25) is 0 Å². The normalized spacial score (nSPS) is 11.6. The third-order valence-electron chi connectivity index (χ3n) is 2.34. The first-order chi connectivity index (χ1) is 6.79. The molecule has 1 rings (SSSR count). The molecule has 84 valence electrons. The number of benzene rings is 1. The van der Waals surface area contributed by atoms with Gasteiger partial charge >= 0.3 is 0 Å². The Hall–Kier alpha value is -0.930. The molecule has 0 spiro atoms. The molecule has 0 amide bonds. The average molecular weight is 230 g/mol. The molecule has 3 N–H and O–H groups in total. The number of nitrogens with two attached hydrogens (primary N) is 1. The van der Waals surface area contributed by atoms with Gasteiger partial charge in [0.05, 0.1) is 12.1 Å². The van der Waals surface area contributed by atoms with Crippen LogP contribution in [0.5, 0.6) is 11.5 Å². The number of hydrogen-bond donors (Lipinski definition) is 2. The highest BCUT2D eigenvalue weighted by atomic mass is 35.5. The van der Waals surface area contributed by atoms with Gasteiger partial charge in [-0.15, -0.1) is 0 Å². The molecule has 0 saturated heterocycles. The van der Waals surface area contributed by atoms with Crippen molar-refractivity contribution in [3.8, 4) is 11.5 Å². The smallest absolute Gasteiger partial charge is 0.144 e. The summed E-state index contributed by atoms with van der Waals surface area (Å²) in [5.41, 5.74) is 6.52. The minimum atomic E-state index is -0.634. The summed E-state index contributed by atoms with van der Waals surface area (Å²) in [6, 6.07) is 1.64. The molecule has 0 aliphatic rings. The first-order valence-electron chi connectivity index (χ1n) is 4.64. The fraction of sp³-hybridized carbons (Fsp3) is 0.455. The van der Waals surface area contributed by atoms with E-state index in [2.05, 4.69) is 0 Å². The van der Waals surface area contributed by atoms with Crippen LogP contribution in [0.4, 0.5) is 0 Å². The summed E-state index contributed by atoms with van der Waals surface area (Å²) in [4.78, 5) is 0. The van der Waals surface area contributed by atoms with Crippen LogP contribution in [0.15, 0.2) is 6.07 Å². The Morgan fingerprint density at radius 2 is 2.00 bits per heavy atom. The third kappa shape index (κ3) is 2.19. The van der Waals surface area contributed by atoms with E-state index in [1.807, 2.05) is 13.8 Å². The lowest BCUT2D eigenvalue weighted by Crippen LogP contribution is -2.28. The molecule has 0 fully saturated rings. The zero-order chi connectivity index (χ0) is 11.8. The molecule has 0 bridgehead atoms. The zero-order valence-electron chi connectivity index (χ0n) is 9.39. The molecular formula is C11H16ClNO2. The monoisotopic (exact) mass is 229 g/mol. The maximum atomic E-state index is 9.95. The van der Waals surface area contributed by atoms with Gasteiger partial charge in [-0.2, -0.15) is 0 Å². The van der Waals surface area contributed by atoms with Crippen molar-refractivity contribution in [3.05, 3.63) is 22.2 Å². The molecule has 1 aromatic carbocycles. The predicted molar refractivity (Wildman–Crippen MR) is 61.6 cm³/mol. The van der Waals surface area contributed by atoms with E-state index in [4.69, 9.17) is 22.1 Å². The van der Waals surface area contributed by atoms with E-state index in [1.165, 1.54) is 7.11 Å². The van der Waals surface area contributed by atoms with Crippen molar-refractivity contribution in [2.45, 2.75) is 26.3 Å². The lowest BCUT2D eigenvalue weighted by atomic mass is 9.92. The first-order valence-corrected chi connectivity index (χ1v) is 5.02. The number of halogens is 1. The largest absolute Gasteiger partial charge is 0.507 e. The van der Waals surface area contributed by atoms with Gasteiger partial charge in [-0.3, -0.25) is 0 Å². The minimum absolute atomic E-state index is 0.142. The Morgan fingerprint density at radius 1 is 1.47 bits per heavy atom. The fourth-order valence-electron chi connectivity index (χ4n) is 1.49. The Morgan fingerprint density at radius 3 is 2.40 bits per heavy atom. The van der Waals surface area contributed by atoms with Gasteiger partial charge in [-0.25, -0.2) is 0 Å². The first kappa shape index (κ1) is 12.1. The number of ether oxygens (including phenoxy) is 1. The molecule has 0 saturated carbocycles. The topological polar surface area (TPSA) is 55.5 Å². The molecule has 0 aliphatic carbocycles. The molecule has 4 heteroatoms. The predicted octanol–water partition coefficient (Wildman–Crippen LogP) is 2.56. The Kier molecular flexibility index (Phi) is 3.16. The van der Waals surface area contributed by atoms with Crippen LogP contribution in [0.2, 0.25) is 5.02 Å². The number of methoxy groups -OCH3 is 1. The van der Waals surface area contributed by atoms with Gasteiger partial charge in [0.15, 0.2) is 0 Å². The van der Waals surface area contributed by atoms with E-state index in [0.717, 1.165) is 0 Å². The van der Waals surface area contributed by atoms with Gasteiger partial charge in [0, 0.05) is 16.7 Å². The van der Waals surface area contributed by atoms with E-state index >= 15 is 0 Å². The van der Waals surface area contributed by atoms with Crippen molar-refractivity contribution in [1.82, 2.24) is 0 Å². The van der Waals surface area contributed by atoms with Crippen LogP contribution in [0.1, 0.15) is 25.0 Å². The van der Waals surface area contributed by atoms with E-state index in [-0.39, 0.29) is 5.75 Å². The van der Waals surface area contributed by atoms with Crippen molar-refractivity contribution in [3.63, 3.8) is 0 Å². The molecule has 0 aromatic heterocycles. The summed E-state index contributed by atoms with van der Waals surface area (Å²) in [5, 5.41) is 10.4. The molecule has 0 unspecified atom stereocenters. The molecule has 15 heavy (non-hydrogen) atoms. The van der Waals surface area contributed by atoms with Crippen molar-refractivity contribution < 1.29 is 9.84 Å². The minimum Gasteiger partial charge on any atom is -0.507 e. The number of phenolic OH excluding ortho intramolecular Hbond substituents is 1. The second-order valence-electron chi connectivity index (χ2n) is 4.13. The van der Waals surface area contributed by atoms with Crippen LogP contribution >= 0.6 is 11.6 Å². The summed E-state index contributed by atoms with van der Waals surface area (Å²) in [6.07, 6.45) is 0. The van der Waals surface area contributed by atoms with Gasteiger partial charge in [-0.1, -0.05) is 11.6 Å². The van der Waals surface area contributed by atoms with E-state index < -0.39 is 5.54 Å². The molecule has 0 atom stereocenters. The van der Waals surface area contributed by atoms with Crippen LogP contribution < -0.4 is 10.5 Å².